The number of aromatic nitrogens is 1. The highest BCUT2D eigenvalue weighted by Crippen LogP contribution is 2.52. The quantitative estimate of drug-likeness (QED) is 0.817. The lowest BCUT2D eigenvalue weighted by atomic mass is 9.77. The van der Waals surface area contributed by atoms with Crippen LogP contribution in [0.4, 0.5) is 5.69 Å². The lowest BCUT2D eigenvalue weighted by Crippen LogP contribution is -2.29. The first-order valence-electron chi connectivity index (χ1n) is 8.47. The minimum Gasteiger partial charge on any atom is -0.487 e. The summed E-state index contributed by atoms with van der Waals surface area (Å²) in [5.41, 5.74) is 4.69. The zero-order chi connectivity index (χ0) is 16.5. The molecule has 3 atom stereocenters. The van der Waals surface area contributed by atoms with Crippen LogP contribution in [0, 0.1) is 5.92 Å². The van der Waals surface area contributed by atoms with Crippen molar-refractivity contribution in [2.75, 3.05) is 11.9 Å². The number of rotatable bonds is 4. The first kappa shape index (κ1) is 15.0. The number of nitrogens with one attached hydrogen (secondary N) is 1. The van der Waals surface area contributed by atoms with Crippen LogP contribution in [0.5, 0.6) is 5.75 Å². The van der Waals surface area contributed by atoms with Gasteiger partial charge in [0.1, 0.15) is 12.4 Å². The second-order valence-electron chi connectivity index (χ2n) is 6.73. The van der Waals surface area contributed by atoms with Crippen molar-refractivity contribution in [2.24, 2.45) is 5.92 Å². The Labute approximate surface area is 143 Å². The lowest BCUT2D eigenvalue weighted by Gasteiger charge is -2.38. The number of fused-ring (bicyclic) bond motifs is 3. The molecule has 4 rings (SSSR count). The highest BCUT2D eigenvalue weighted by molar-refractivity contribution is 5.67. The Bertz CT molecular complexity index is 782. The molecule has 0 spiro atoms. The summed E-state index contributed by atoms with van der Waals surface area (Å²) in [7, 11) is 0. The minimum absolute atomic E-state index is 0.251. The van der Waals surface area contributed by atoms with Crippen LogP contribution in [0.3, 0.4) is 0 Å². The molecule has 1 aromatic carbocycles. The molecule has 1 N–H and O–H groups in total. The van der Waals surface area contributed by atoms with Crippen molar-refractivity contribution >= 4 is 5.69 Å². The first-order chi connectivity index (χ1) is 11.7. The maximum Gasteiger partial charge on any atom is 0.143 e. The number of anilines is 1. The van der Waals surface area contributed by atoms with Gasteiger partial charge in [0.05, 0.1) is 11.7 Å². The van der Waals surface area contributed by atoms with Crippen LogP contribution < -0.4 is 10.1 Å². The number of pyridine rings is 1. The molecule has 1 aromatic heterocycles. The first-order valence-corrected chi connectivity index (χ1v) is 8.47. The molecule has 24 heavy (non-hydrogen) atoms. The van der Waals surface area contributed by atoms with Gasteiger partial charge in [0.15, 0.2) is 0 Å². The van der Waals surface area contributed by atoms with Gasteiger partial charge in [-0.1, -0.05) is 36.9 Å². The third-order valence-corrected chi connectivity index (χ3v) is 4.88. The van der Waals surface area contributed by atoms with Gasteiger partial charge < -0.3 is 10.1 Å². The molecule has 2 heterocycles. The van der Waals surface area contributed by atoms with E-state index >= 15 is 0 Å². The SMILES string of the molecule is C=C(C)COc1cccc2c1NC(c1cccnc1)C1CC=CC21. The van der Waals surface area contributed by atoms with Gasteiger partial charge >= 0.3 is 0 Å². The van der Waals surface area contributed by atoms with Gasteiger partial charge in [0, 0.05) is 18.3 Å². The Hall–Kier alpha value is -2.55. The Morgan fingerprint density at radius 3 is 3.04 bits per heavy atom. The molecule has 0 saturated heterocycles. The molecule has 3 nitrogen and oxygen atoms in total. The second-order valence-corrected chi connectivity index (χ2v) is 6.73. The Kier molecular flexibility index (Phi) is 3.85. The van der Waals surface area contributed by atoms with Gasteiger partial charge in [-0.3, -0.25) is 4.98 Å². The van der Waals surface area contributed by atoms with Crippen molar-refractivity contribution in [2.45, 2.75) is 25.3 Å². The molecule has 2 aliphatic rings. The van der Waals surface area contributed by atoms with E-state index < -0.39 is 0 Å². The van der Waals surface area contributed by atoms with E-state index in [0.717, 1.165) is 23.4 Å². The number of nitrogens with zero attached hydrogens (tertiary/aromatic N) is 1. The van der Waals surface area contributed by atoms with E-state index in [1.54, 1.807) is 0 Å². The number of benzene rings is 1. The van der Waals surface area contributed by atoms with E-state index in [1.807, 2.05) is 31.5 Å². The summed E-state index contributed by atoms with van der Waals surface area (Å²) in [6, 6.07) is 10.7. The largest absolute Gasteiger partial charge is 0.487 e. The van der Waals surface area contributed by atoms with Gasteiger partial charge in [-0.05, 0) is 48.1 Å². The predicted molar refractivity (Wildman–Crippen MR) is 97.3 cm³/mol. The normalized spacial score (nSPS) is 24.0. The number of hydrogen-bond acceptors (Lipinski definition) is 3. The van der Waals surface area contributed by atoms with Gasteiger partial charge in [0.2, 0.25) is 0 Å². The van der Waals surface area contributed by atoms with Crippen molar-refractivity contribution in [3.05, 3.63) is 78.2 Å². The predicted octanol–water partition coefficient (Wildman–Crippen LogP) is 4.86. The van der Waals surface area contributed by atoms with Crippen molar-refractivity contribution in [1.29, 1.82) is 0 Å². The van der Waals surface area contributed by atoms with E-state index in [4.69, 9.17) is 4.74 Å². The van der Waals surface area contributed by atoms with E-state index in [2.05, 4.69) is 47.2 Å². The minimum atomic E-state index is 0.251. The molecule has 0 fully saturated rings. The van der Waals surface area contributed by atoms with Crippen molar-refractivity contribution < 1.29 is 4.74 Å². The van der Waals surface area contributed by atoms with Crippen LogP contribution in [0.25, 0.3) is 0 Å². The average Bonchev–Trinajstić information content (AvgIpc) is 3.10. The van der Waals surface area contributed by atoms with E-state index in [0.29, 0.717) is 18.4 Å². The van der Waals surface area contributed by atoms with E-state index in [-0.39, 0.29) is 6.04 Å². The fourth-order valence-electron chi connectivity index (χ4n) is 3.80. The average molecular weight is 318 g/mol. The van der Waals surface area contributed by atoms with Gasteiger partial charge in [-0.15, -0.1) is 0 Å². The number of hydrogen-bond donors (Lipinski definition) is 1. The summed E-state index contributed by atoms with van der Waals surface area (Å²) in [5, 5.41) is 3.74. The molecule has 0 saturated carbocycles. The third-order valence-electron chi connectivity index (χ3n) is 4.88. The molecular weight excluding hydrogens is 296 g/mol. The summed E-state index contributed by atoms with van der Waals surface area (Å²) in [4.78, 5) is 4.31. The summed E-state index contributed by atoms with van der Waals surface area (Å²) in [6.07, 6.45) is 9.53. The lowest BCUT2D eigenvalue weighted by molar-refractivity contribution is 0.348. The Morgan fingerprint density at radius 2 is 2.25 bits per heavy atom. The Balaban J connectivity index is 1.74. The van der Waals surface area contributed by atoms with Crippen molar-refractivity contribution in [1.82, 2.24) is 4.98 Å². The molecule has 3 unspecified atom stereocenters. The van der Waals surface area contributed by atoms with Crippen molar-refractivity contribution in [3.63, 3.8) is 0 Å². The van der Waals surface area contributed by atoms with Gasteiger partial charge in [-0.25, -0.2) is 0 Å². The summed E-state index contributed by atoms with van der Waals surface area (Å²) in [6.45, 7) is 6.46. The standard InChI is InChI=1S/C21H22N2O/c1-14(2)13-24-19-10-4-9-18-16-7-3-8-17(16)20(23-21(18)19)15-6-5-11-22-12-15/h3-7,9-12,16-17,20,23H,1,8,13H2,2H3. The van der Waals surface area contributed by atoms with E-state index in [1.165, 1.54) is 11.1 Å². The second kappa shape index (κ2) is 6.16. The highest BCUT2D eigenvalue weighted by atomic mass is 16.5. The maximum absolute atomic E-state index is 6.00. The molecule has 0 amide bonds. The summed E-state index contributed by atoms with van der Waals surface area (Å²) in [5.74, 6) is 1.86. The molecular formula is C21H22N2O. The van der Waals surface area contributed by atoms with E-state index in [9.17, 15) is 0 Å². The van der Waals surface area contributed by atoms with Crippen molar-refractivity contribution in [3.8, 4) is 5.75 Å². The van der Waals surface area contributed by atoms with Gasteiger partial charge in [-0.2, -0.15) is 0 Å². The number of para-hydroxylation sites is 1. The molecule has 1 aliphatic heterocycles. The molecule has 0 bridgehead atoms. The molecule has 1 aliphatic carbocycles. The van der Waals surface area contributed by atoms with Crippen LogP contribution in [-0.2, 0) is 0 Å². The van der Waals surface area contributed by atoms with Gasteiger partial charge in [0.25, 0.3) is 0 Å². The Morgan fingerprint density at radius 1 is 1.33 bits per heavy atom. The highest BCUT2D eigenvalue weighted by Gasteiger charge is 2.39. The third kappa shape index (κ3) is 2.60. The molecule has 2 aromatic rings. The zero-order valence-electron chi connectivity index (χ0n) is 13.9. The van der Waals surface area contributed by atoms with Crippen LogP contribution in [0.2, 0.25) is 0 Å². The fraction of sp³-hybridized carbons (Fsp3) is 0.286. The van der Waals surface area contributed by atoms with Crippen LogP contribution in [0.1, 0.15) is 36.4 Å². The number of allylic oxidation sites excluding steroid dienone is 2. The summed E-state index contributed by atoms with van der Waals surface area (Å²) >= 11 is 0. The smallest absolute Gasteiger partial charge is 0.143 e. The summed E-state index contributed by atoms with van der Waals surface area (Å²) < 4.78 is 6.00. The molecule has 122 valence electrons. The fourth-order valence-corrected chi connectivity index (χ4v) is 3.80. The maximum atomic E-state index is 6.00. The topological polar surface area (TPSA) is 34.1 Å². The van der Waals surface area contributed by atoms with Crippen LogP contribution >= 0.6 is 0 Å². The van der Waals surface area contributed by atoms with Crippen LogP contribution in [0.15, 0.2) is 67.0 Å². The molecule has 3 heteroatoms. The molecule has 0 radical (unpaired) electrons. The van der Waals surface area contributed by atoms with Crippen LogP contribution in [-0.4, -0.2) is 11.6 Å². The number of ether oxygens (including phenoxy) is 1. The monoisotopic (exact) mass is 318 g/mol. The zero-order valence-corrected chi connectivity index (χ0v) is 13.9.